The predicted octanol–water partition coefficient (Wildman–Crippen LogP) is 3.56. The number of hydrogen-bond acceptors (Lipinski definition) is 9. The largest absolute Gasteiger partial charge is 0.450 e. The van der Waals surface area contributed by atoms with E-state index in [4.69, 9.17) is 14.2 Å². The Hall–Kier alpha value is -4.13. The highest BCUT2D eigenvalue weighted by atomic mass is 16.6. The number of nitrogens with zero attached hydrogens (tertiary/aromatic N) is 6. The molecule has 0 N–H and O–H groups in total. The van der Waals surface area contributed by atoms with E-state index in [-0.39, 0.29) is 24.0 Å². The average molecular weight is 702 g/mol. The van der Waals surface area contributed by atoms with Crippen LogP contribution >= 0.6 is 0 Å². The van der Waals surface area contributed by atoms with Crippen molar-refractivity contribution in [2.75, 3.05) is 99.3 Å². The van der Waals surface area contributed by atoms with Crippen molar-refractivity contribution in [1.29, 1.82) is 0 Å². The number of ether oxygens (including phenoxy) is 3. The van der Waals surface area contributed by atoms with Gasteiger partial charge < -0.3 is 43.6 Å². The number of carbonyl (C=O) groups excluding carboxylic acids is 3. The zero-order valence-electron chi connectivity index (χ0n) is 29.9. The van der Waals surface area contributed by atoms with E-state index < -0.39 is 0 Å². The Bertz CT molecular complexity index is 1620. The SMILES string of the molecule is CCOC(=O)N1CC[C@H]2[C@@H](C1)c1cccc3c1N2CC(=O)N3C.CCOC(=O)N1CC[C@H]2[C@@H](C1)c1cccc3c1N2CCN3C.[BH3-]C1CCCO1. The Labute approximate surface area is 302 Å². The van der Waals surface area contributed by atoms with E-state index in [1.54, 1.807) is 9.80 Å². The lowest BCUT2D eigenvalue weighted by Crippen LogP contribution is -2.52. The number of benzene rings is 2. The Kier molecular flexibility index (Phi) is 10.3. The topological polar surface area (TPSA) is 98.3 Å². The molecule has 7 aliphatic heterocycles. The number of likely N-dealkylation sites (N-methyl/N-ethyl adjacent to an activating group) is 2. The summed E-state index contributed by atoms with van der Waals surface area (Å²) in [6.07, 6.45) is 4.21. The van der Waals surface area contributed by atoms with Crippen LogP contribution in [0.3, 0.4) is 0 Å². The number of hydrogen-bond donors (Lipinski definition) is 0. The van der Waals surface area contributed by atoms with Crippen LogP contribution in [0.25, 0.3) is 0 Å². The number of fused-ring (bicyclic) bond motifs is 6. The monoisotopic (exact) mass is 701 g/mol. The zero-order chi connectivity index (χ0) is 35.8. The molecule has 0 spiro atoms. The highest BCUT2D eigenvalue weighted by molar-refractivity contribution is 6.11. The van der Waals surface area contributed by atoms with Crippen molar-refractivity contribution in [1.82, 2.24) is 9.80 Å². The number of anilines is 4. The molecule has 9 rings (SSSR count). The minimum atomic E-state index is -0.231. The molecule has 7 aliphatic rings. The van der Waals surface area contributed by atoms with E-state index >= 15 is 0 Å². The lowest BCUT2D eigenvalue weighted by Gasteiger charge is -2.41. The van der Waals surface area contributed by atoms with Crippen molar-refractivity contribution in [3.8, 4) is 0 Å². The van der Waals surface area contributed by atoms with Crippen molar-refractivity contribution in [3.63, 3.8) is 0 Å². The maximum Gasteiger partial charge on any atom is 0.409 e. The molecule has 3 fully saturated rings. The molecule has 0 saturated carbocycles. The van der Waals surface area contributed by atoms with Gasteiger partial charge in [0, 0.05) is 83.9 Å². The van der Waals surface area contributed by atoms with Gasteiger partial charge in [-0.25, -0.2) is 9.59 Å². The summed E-state index contributed by atoms with van der Waals surface area (Å²) < 4.78 is 15.6. The number of likely N-dealkylation sites (tertiary alicyclic amines) is 2. The molecule has 0 aromatic heterocycles. The Morgan fingerprint density at radius 2 is 1.35 bits per heavy atom. The van der Waals surface area contributed by atoms with E-state index in [0.29, 0.717) is 58.7 Å². The van der Waals surface area contributed by atoms with Gasteiger partial charge in [-0.05, 0) is 64.2 Å². The van der Waals surface area contributed by atoms with Crippen molar-refractivity contribution in [2.45, 2.75) is 69.5 Å². The summed E-state index contributed by atoms with van der Waals surface area (Å²) in [6, 6.07) is 14.4. The van der Waals surface area contributed by atoms with Crippen LogP contribution in [0.15, 0.2) is 36.4 Å². The summed E-state index contributed by atoms with van der Waals surface area (Å²) in [7, 11) is 4.52. The average Bonchev–Trinajstić information content (AvgIpc) is 3.84. The molecule has 5 atom stereocenters. The Morgan fingerprint density at radius 1 is 0.784 bits per heavy atom. The smallest absolute Gasteiger partial charge is 0.409 e. The van der Waals surface area contributed by atoms with Crippen LogP contribution in [0.2, 0.25) is 0 Å². The fraction of sp³-hybridized carbons (Fsp3) is 0.605. The summed E-state index contributed by atoms with van der Waals surface area (Å²) in [4.78, 5) is 49.0. The van der Waals surface area contributed by atoms with Gasteiger partial charge in [-0.2, -0.15) is 0 Å². The van der Waals surface area contributed by atoms with E-state index in [9.17, 15) is 14.4 Å². The van der Waals surface area contributed by atoms with Gasteiger partial charge in [0.1, 0.15) is 0 Å². The quantitative estimate of drug-likeness (QED) is 0.436. The van der Waals surface area contributed by atoms with Gasteiger partial charge in [-0.3, -0.25) is 4.79 Å². The second-order valence-electron chi connectivity index (χ2n) is 14.0. The number of rotatable bonds is 2. The van der Waals surface area contributed by atoms with E-state index in [1.807, 2.05) is 37.9 Å². The zero-order valence-corrected chi connectivity index (χ0v) is 29.9. The molecule has 13 heteroatoms. The lowest BCUT2D eigenvalue weighted by atomic mass is 9.89. The van der Waals surface area contributed by atoms with Gasteiger partial charge in [0.05, 0.1) is 42.5 Å². The third kappa shape index (κ3) is 6.58. The number of piperidine rings is 2. The molecule has 51 heavy (non-hydrogen) atoms. The molecular weight excluding hydrogens is 647 g/mol. The van der Waals surface area contributed by atoms with Crippen LogP contribution in [-0.2, 0) is 19.0 Å². The minimum absolute atomic E-state index is 0.128. The summed E-state index contributed by atoms with van der Waals surface area (Å²) >= 11 is 0. The van der Waals surface area contributed by atoms with Crippen LogP contribution in [0.1, 0.15) is 62.5 Å². The number of carbonyl (C=O) groups is 3. The fourth-order valence-electron chi connectivity index (χ4n) is 8.88. The molecule has 3 saturated heterocycles. The van der Waals surface area contributed by atoms with Gasteiger partial charge in [-0.15, -0.1) is 0 Å². The molecule has 12 nitrogen and oxygen atoms in total. The van der Waals surface area contributed by atoms with E-state index in [1.165, 1.54) is 41.0 Å². The molecular formula is C38H54BN6O6-. The van der Waals surface area contributed by atoms with Crippen LogP contribution in [0.5, 0.6) is 0 Å². The van der Waals surface area contributed by atoms with Crippen LogP contribution in [0.4, 0.5) is 32.3 Å². The lowest BCUT2D eigenvalue weighted by molar-refractivity contribution is -0.117. The molecule has 1 unspecified atom stereocenters. The number of para-hydroxylation sites is 2. The van der Waals surface area contributed by atoms with Crippen molar-refractivity contribution in [3.05, 3.63) is 47.5 Å². The van der Waals surface area contributed by atoms with Gasteiger partial charge in [0.25, 0.3) is 0 Å². The first-order valence-corrected chi connectivity index (χ1v) is 18.4. The van der Waals surface area contributed by atoms with Gasteiger partial charge in [0.2, 0.25) is 5.91 Å². The molecule has 3 amide bonds. The molecule has 0 radical (unpaired) electrons. The summed E-state index contributed by atoms with van der Waals surface area (Å²) in [5.74, 6) is 0.796. The third-order valence-corrected chi connectivity index (χ3v) is 11.3. The first-order chi connectivity index (χ1) is 24.7. The molecule has 2 aromatic rings. The maximum absolute atomic E-state index is 12.3. The Morgan fingerprint density at radius 3 is 1.88 bits per heavy atom. The molecule has 2 aromatic carbocycles. The van der Waals surface area contributed by atoms with Crippen molar-refractivity contribution >= 4 is 48.7 Å². The fourth-order valence-corrected chi connectivity index (χ4v) is 8.88. The van der Waals surface area contributed by atoms with Crippen LogP contribution < -0.4 is 19.6 Å². The maximum atomic E-state index is 12.3. The molecule has 276 valence electrons. The summed E-state index contributed by atoms with van der Waals surface area (Å²) in [6.45, 7) is 11.1. The van der Waals surface area contributed by atoms with Crippen molar-refractivity contribution in [2.24, 2.45) is 0 Å². The van der Waals surface area contributed by atoms with E-state index in [2.05, 4.69) is 46.0 Å². The number of amides is 3. The second kappa shape index (κ2) is 14.8. The highest BCUT2D eigenvalue weighted by Gasteiger charge is 2.48. The standard InChI is InChI=1S/C17H21N3O3.C17H23N3O2.C4H10BO/c1-3-23-17(22)19-8-7-13-12(9-19)11-5-4-6-14-16(11)20(13)10-15(21)18(14)2;1-3-22-17(21)19-8-7-14-13(11-19)12-5-4-6-15-16(12)20(14)10-9-18(15)2;5-4-2-1-3-6-4/h4-6,12-13H,3,7-10H2,1-2H3;4-6,13-14H,3,7-11H2,1-2H3;4H,1-3H2,5H3/q;;-1/t12-,13-;13-,14-;/m00./s1. The van der Waals surface area contributed by atoms with Gasteiger partial charge >= 0.3 is 12.2 Å². The van der Waals surface area contributed by atoms with E-state index in [0.717, 1.165) is 57.3 Å². The highest BCUT2D eigenvalue weighted by Crippen LogP contribution is 2.51. The van der Waals surface area contributed by atoms with Crippen LogP contribution in [0, 0.1) is 0 Å². The first kappa shape index (κ1) is 35.3. The van der Waals surface area contributed by atoms with Gasteiger partial charge in [0.15, 0.2) is 0 Å². The summed E-state index contributed by atoms with van der Waals surface area (Å²) in [5, 5.41) is 0. The molecule has 0 aliphatic carbocycles. The second-order valence-corrected chi connectivity index (χ2v) is 14.0. The predicted molar refractivity (Wildman–Crippen MR) is 203 cm³/mol. The normalized spacial score (nSPS) is 26.6. The molecule has 7 heterocycles. The molecule has 0 bridgehead atoms. The van der Waals surface area contributed by atoms with Gasteiger partial charge in [-0.1, -0.05) is 36.7 Å². The third-order valence-electron chi connectivity index (χ3n) is 11.3. The Balaban J connectivity index is 0.000000137. The summed E-state index contributed by atoms with van der Waals surface area (Å²) in [5.41, 5.74) is 7.55. The van der Waals surface area contributed by atoms with Crippen LogP contribution in [-0.4, -0.2) is 134 Å². The minimum Gasteiger partial charge on any atom is -0.450 e. The first-order valence-electron chi connectivity index (χ1n) is 18.4. The van der Waals surface area contributed by atoms with Crippen molar-refractivity contribution < 1.29 is 28.6 Å².